The molecule has 0 radical (unpaired) electrons. The summed E-state index contributed by atoms with van der Waals surface area (Å²) in [6.45, 7) is 6.57. The van der Waals surface area contributed by atoms with E-state index in [1.165, 1.54) is 0 Å². The van der Waals surface area contributed by atoms with Crippen LogP contribution in [0.1, 0.15) is 36.5 Å². The molecule has 0 aliphatic carbocycles. The first-order valence-corrected chi connectivity index (χ1v) is 10.8. The van der Waals surface area contributed by atoms with Gasteiger partial charge in [-0.05, 0) is 68.5 Å². The summed E-state index contributed by atoms with van der Waals surface area (Å²) in [5.41, 5.74) is 7.37. The molecule has 2 N–H and O–H groups in total. The normalized spacial score (nSPS) is 16.4. The van der Waals surface area contributed by atoms with E-state index in [0.717, 1.165) is 21.2 Å². The van der Waals surface area contributed by atoms with E-state index in [0.29, 0.717) is 31.8 Å². The molecule has 2 amide bonds. The fourth-order valence-corrected chi connectivity index (χ4v) is 3.84. The molecule has 2 aromatic carbocycles. The third kappa shape index (κ3) is 4.84. The van der Waals surface area contributed by atoms with Crippen LogP contribution in [0.15, 0.2) is 46.9 Å². The Morgan fingerprint density at radius 1 is 1.07 bits per heavy atom. The fourth-order valence-electron chi connectivity index (χ4n) is 3.57. The number of nitrogens with one attached hydrogen (secondary N) is 2. The molecule has 3 rings (SSSR count). The molecule has 0 bridgehead atoms. The van der Waals surface area contributed by atoms with E-state index in [1.54, 1.807) is 6.92 Å². The molecule has 160 valence electrons. The van der Waals surface area contributed by atoms with Crippen LogP contribution in [0.4, 0.5) is 0 Å². The number of carbonyl (C=O) groups excluding carboxylic acids is 2. The monoisotopic (exact) mass is 474 g/mol. The Labute approximate surface area is 185 Å². The molecular formula is C23H27BrN2O4. The van der Waals surface area contributed by atoms with Crippen molar-refractivity contribution in [2.45, 2.75) is 45.1 Å². The Bertz CT molecular complexity index is 908. The molecule has 2 aromatic rings. The van der Waals surface area contributed by atoms with Gasteiger partial charge < -0.3 is 9.47 Å². The number of amides is 2. The van der Waals surface area contributed by atoms with Crippen LogP contribution < -0.4 is 15.6 Å². The van der Waals surface area contributed by atoms with Crippen molar-refractivity contribution in [3.8, 4) is 5.75 Å². The number of carbonyl (C=O) groups is 2. The Morgan fingerprint density at radius 3 is 2.40 bits per heavy atom. The summed E-state index contributed by atoms with van der Waals surface area (Å²) >= 11 is 3.43. The summed E-state index contributed by atoms with van der Waals surface area (Å²) < 4.78 is 12.2. The lowest BCUT2D eigenvalue weighted by Gasteiger charge is -2.36. The standard InChI is InChI=1S/C23H27BrN2O4/c1-15-5-4-6-20(16(15)2)30-17(3)21(27)25-26-22(28)23(11-13-29-14-12-23)18-7-9-19(24)10-8-18/h4-10,17H,11-14H2,1-3H3,(H,25,27)(H,26,28). The molecule has 0 spiro atoms. The van der Waals surface area contributed by atoms with Crippen LogP contribution >= 0.6 is 15.9 Å². The minimum atomic E-state index is -0.760. The second-order valence-corrected chi connectivity index (χ2v) is 8.52. The second-order valence-electron chi connectivity index (χ2n) is 7.60. The zero-order valence-electron chi connectivity index (χ0n) is 17.5. The zero-order chi connectivity index (χ0) is 21.7. The van der Waals surface area contributed by atoms with Crippen molar-refractivity contribution >= 4 is 27.7 Å². The highest BCUT2D eigenvalue weighted by Crippen LogP contribution is 2.35. The van der Waals surface area contributed by atoms with E-state index in [1.807, 2.05) is 56.3 Å². The lowest BCUT2D eigenvalue weighted by molar-refractivity contribution is -0.137. The van der Waals surface area contributed by atoms with Gasteiger partial charge in [-0.3, -0.25) is 20.4 Å². The number of aryl methyl sites for hydroxylation is 1. The lowest BCUT2D eigenvalue weighted by Crippen LogP contribution is -2.55. The minimum Gasteiger partial charge on any atom is -0.481 e. The maximum atomic E-state index is 13.2. The summed E-state index contributed by atoms with van der Waals surface area (Å²) in [6.07, 6.45) is 0.333. The van der Waals surface area contributed by atoms with Gasteiger partial charge in [0.1, 0.15) is 5.75 Å². The van der Waals surface area contributed by atoms with E-state index in [9.17, 15) is 9.59 Å². The van der Waals surface area contributed by atoms with Crippen molar-refractivity contribution in [2.24, 2.45) is 0 Å². The van der Waals surface area contributed by atoms with Gasteiger partial charge in [-0.25, -0.2) is 0 Å². The predicted molar refractivity (Wildman–Crippen MR) is 118 cm³/mol. The Morgan fingerprint density at radius 2 is 1.73 bits per heavy atom. The summed E-state index contributed by atoms with van der Waals surface area (Å²) in [4.78, 5) is 25.7. The van der Waals surface area contributed by atoms with E-state index >= 15 is 0 Å². The predicted octanol–water partition coefficient (Wildman–Crippen LogP) is 3.73. The SMILES string of the molecule is Cc1cccc(OC(C)C(=O)NNC(=O)C2(c3ccc(Br)cc3)CCOCC2)c1C. The van der Waals surface area contributed by atoms with Crippen molar-refractivity contribution in [1.29, 1.82) is 0 Å². The van der Waals surface area contributed by atoms with Gasteiger partial charge >= 0.3 is 0 Å². The summed E-state index contributed by atoms with van der Waals surface area (Å²) in [6, 6.07) is 13.4. The quantitative estimate of drug-likeness (QED) is 0.647. The van der Waals surface area contributed by atoms with Crippen LogP contribution in [0.5, 0.6) is 5.75 Å². The van der Waals surface area contributed by atoms with Gasteiger partial charge in [0.05, 0.1) is 5.41 Å². The number of ether oxygens (including phenoxy) is 2. The summed E-state index contributed by atoms with van der Waals surface area (Å²) in [5, 5.41) is 0. The Kier molecular flexibility index (Phi) is 7.15. The van der Waals surface area contributed by atoms with Crippen molar-refractivity contribution < 1.29 is 19.1 Å². The number of hydrazine groups is 1. The van der Waals surface area contributed by atoms with Crippen LogP contribution in [0.3, 0.4) is 0 Å². The van der Waals surface area contributed by atoms with Gasteiger partial charge in [0, 0.05) is 17.7 Å². The first-order valence-electron chi connectivity index (χ1n) is 10.0. The fraction of sp³-hybridized carbons (Fsp3) is 0.391. The highest BCUT2D eigenvalue weighted by atomic mass is 79.9. The number of halogens is 1. The van der Waals surface area contributed by atoms with E-state index in [4.69, 9.17) is 9.47 Å². The lowest BCUT2D eigenvalue weighted by atomic mass is 9.73. The van der Waals surface area contributed by atoms with Gasteiger partial charge in [0.15, 0.2) is 6.10 Å². The van der Waals surface area contributed by atoms with Crippen LogP contribution in [-0.4, -0.2) is 31.1 Å². The maximum absolute atomic E-state index is 13.2. The van der Waals surface area contributed by atoms with Crippen LogP contribution in [0.25, 0.3) is 0 Å². The number of hydrogen-bond acceptors (Lipinski definition) is 4. The second kappa shape index (κ2) is 9.62. The molecule has 0 saturated carbocycles. The summed E-state index contributed by atoms with van der Waals surface area (Å²) in [5.74, 6) is -0.0116. The maximum Gasteiger partial charge on any atom is 0.279 e. The number of rotatable bonds is 5. The Balaban J connectivity index is 1.66. The average Bonchev–Trinajstić information content (AvgIpc) is 2.75. The highest BCUT2D eigenvalue weighted by Gasteiger charge is 2.42. The van der Waals surface area contributed by atoms with Crippen molar-refractivity contribution in [1.82, 2.24) is 10.9 Å². The topological polar surface area (TPSA) is 76.7 Å². The molecule has 7 heteroatoms. The molecular weight excluding hydrogens is 448 g/mol. The molecule has 1 unspecified atom stereocenters. The molecule has 1 aliphatic heterocycles. The molecule has 1 saturated heterocycles. The molecule has 30 heavy (non-hydrogen) atoms. The molecule has 6 nitrogen and oxygen atoms in total. The zero-order valence-corrected chi connectivity index (χ0v) is 19.0. The van der Waals surface area contributed by atoms with Crippen LogP contribution in [-0.2, 0) is 19.7 Å². The van der Waals surface area contributed by atoms with Gasteiger partial charge in [0.25, 0.3) is 5.91 Å². The van der Waals surface area contributed by atoms with Gasteiger partial charge in [0.2, 0.25) is 5.91 Å². The van der Waals surface area contributed by atoms with E-state index in [2.05, 4.69) is 26.8 Å². The van der Waals surface area contributed by atoms with Gasteiger partial charge in [-0.15, -0.1) is 0 Å². The summed E-state index contributed by atoms with van der Waals surface area (Å²) in [7, 11) is 0. The number of benzene rings is 2. The molecule has 0 aromatic heterocycles. The third-order valence-corrected chi connectivity index (χ3v) is 6.23. The van der Waals surface area contributed by atoms with E-state index < -0.39 is 17.4 Å². The van der Waals surface area contributed by atoms with Gasteiger partial charge in [-0.1, -0.05) is 40.2 Å². The van der Waals surface area contributed by atoms with Crippen LogP contribution in [0, 0.1) is 13.8 Å². The molecule has 1 fully saturated rings. The molecule has 1 atom stereocenters. The highest BCUT2D eigenvalue weighted by molar-refractivity contribution is 9.10. The molecule has 1 aliphatic rings. The molecule has 1 heterocycles. The van der Waals surface area contributed by atoms with Crippen LogP contribution in [0.2, 0.25) is 0 Å². The smallest absolute Gasteiger partial charge is 0.279 e. The average molecular weight is 475 g/mol. The van der Waals surface area contributed by atoms with E-state index in [-0.39, 0.29) is 5.91 Å². The largest absolute Gasteiger partial charge is 0.481 e. The van der Waals surface area contributed by atoms with Crippen molar-refractivity contribution in [3.05, 3.63) is 63.6 Å². The first-order chi connectivity index (χ1) is 14.3. The van der Waals surface area contributed by atoms with Gasteiger partial charge in [-0.2, -0.15) is 0 Å². The Hall–Kier alpha value is -2.38. The van der Waals surface area contributed by atoms with Crippen molar-refractivity contribution in [2.75, 3.05) is 13.2 Å². The number of hydrogen-bond donors (Lipinski definition) is 2. The minimum absolute atomic E-state index is 0.250. The third-order valence-electron chi connectivity index (χ3n) is 5.70. The van der Waals surface area contributed by atoms with Crippen molar-refractivity contribution in [3.63, 3.8) is 0 Å². The first kappa shape index (κ1) is 22.3.